The second-order valence-corrected chi connectivity index (χ2v) is 11.4. The highest BCUT2D eigenvalue weighted by atomic mass is 19.4. The summed E-state index contributed by atoms with van der Waals surface area (Å²) in [6.07, 6.45) is -5.24. The Morgan fingerprint density at radius 3 is 2.33 bits per heavy atom. The lowest BCUT2D eigenvalue weighted by Crippen LogP contribution is -2.56. The summed E-state index contributed by atoms with van der Waals surface area (Å²) in [5, 5.41) is 29.5. The van der Waals surface area contributed by atoms with Crippen LogP contribution in [0.5, 0.6) is 0 Å². The molecule has 0 aliphatic heterocycles. The highest BCUT2D eigenvalue weighted by Crippen LogP contribution is 2.60. The van der Waals surface area contributed by atoms with Crippen molar-refractivity contribution in [2.75, 3.05) is 0 Å². The van der Waals surface area contributed by atoms with Gasteiger partial charge >= 0.3 is 12.4 Å². The average molecular weight is 525 g/mol. The van der Waals surface area contributed by atoms with Crippen molar-refractivity contribution in [1.82, 2.24) is 0 Å². The number of halogens is 6. The Balaban J connectivity index is 1.69. The van der Waals surface area contributed by atoms with Gasteiger partial charge in [0.1, 0.15) is 0 Å². The molecule has 0 heterocycles. The van der Waals surface area contributed by atoms with Gasteiger partial charge in [-0.25, -0.2) is 0 Å². The van der Waals surface area contributed by atoms with Crippen LogP contribution in [0.4, 0.5) is 26.3 Å². The van der Waals surface area contributed by atoms with Gasteiger partial charge in [0.05, 0.1) is 12.2 Å². The Morgan fingerprint density at radius 2 is 1.72 bits per heavy atom. The predicted octanol–water partition coefficient (Wildman–Crippen LogP) is 6.79. The van der Waals surface area contributed by atoms with Crippen molar-refractivity contribution in [2.45, 2.75) is 108 Å². The molecule has 6 atom stereocenters. The summed E-state index contributed by atoms with van der Waals surface area (Å²) in [7, 11) is 0. The maximum atomic E-state index is 13.0. The van der Waals surface area contributed by atoms with Gasteiger partial charge in [0, 0.05) is 6.42 Å². The SMILES string of the molecule is C=C1/C(=C\C=C2CCC[C@]3(C)[C@@H]([C@H](C)CCCC(O)(C(F)(F)F)C(F)(F)F)CC[C@@H]23)C[C@@H](O)C[C@@H]1O. The van der Waals surface area contributed by atoms with Crippen LogP contribution in [0.1, 0.15) is 78.1 Å². The third kappa shape index (κ3) is 5.58. The van der Waals surface area contributed by atoms with E-state index in [4.69, 9.17) is 0 Å². The van der Waals surface area contributed by atoms with Gasteiger partial charge in [-0.05, 0) is 85.7 Å². The van der Waals surface area contributed by atoms with Gasteiger partial charge in [0.25, 0.3) is 5.60 Å². The van der Waals surface area contributed by atoms with Crippen molar-refractivity contribution < 1.29 is 41.7 Å². The number of hydrogen-bond donors (Lipinski definition) is 3. The second kappa shape index (κ2) is 10.4. The molecular formula is C27H38F6O3. The molecule has 0 bridgehead atoms. The molecule has 9 heteroatoms. The first-order chi connectivity index (χ1) is 16.5. The van der Waals surface area contributed by atoms with Crippen LogP contribution in [0.3, 0.4) is 0 Å². The standard InChI is InChI=1S/C27H38F6O3/c1-16(6-4-13-25(36,26(28,29)30)27(31,32)33)21-10-11-22-18(7-5-12-24(21,22)3)8-9-19-14-20(34)15-23(35)17(19)2/h8-9,16,20-23,34-36H,2,4-7,10-15H2,1,3H3/b18-8?,19-9-/t16-,20-,21-,22+,23+,24-/m1/s1. The molecule has 0 aromatic rings. The lowest BCUT2D eigenvalue weighted by atomic mass is 9.60. The van der Waals surface area contributed by atoms with Crippen LogP contribution in [-0.2, 0) is 0 Å². The summed E-state index contributed by atoms with van der Waals surface area (Å²) in [5.74, 6) is 0.355. The predicted molar refractivity (Wildman–Crippen MR) is 125 cm³/mol. The molecule has 3 N–H and O–H groups in total. The second-order valence-electron chi connectivity index (χ2n) is 11.4. The van der Waals surface area contributed by atoms with E-state index >= 15 is 0 Å². The summed E-state index contributed by atoms with van der Waals surface area (Å²) in [5.41, 5.74) is -2.08. The number of hydrogen-bond acceptors (Lipinski definition) is 3. The van der Waals surface area contributed by atoms with Crippen LogP contribution in [0.2, 0.25) is 0 Å². The van der Waals surface area contributed by atoms with Crippen molar-refractivity contribution >= 4 is 0 Å². The van der Waals surface area contributed by atoms with Crippen molar-refractivity contribution in [2.24, 2.45) is 23.2 Å². The summed E-state index contributed by atoms with van der Waals surface area (Å²) < 4.78 is 78.1. The molecule has 0 radical (unpaired) electrons. The first kappa shape index (κ1) is 29.2. The lowest BCUT2D eigenvalue weighted by Gasteiger charge is -2.44. The van der Waals surface area contributed by atoms with E-state index in [1.807, 2.05) is 13.0 Å². The van der Waals surface area contributed by atoms with E-state index < -0.39 is 36.6 Å². The molecule has 0 spiro atoms. The van der Waals surface area contributed by atoms with Gasteiger partial charge < -0.3 is 15.3 Å². The minimum absolute atomic E-state index is 0.0770. The third-order valence-electron chi connectivity index (χ3n) is 9.12. The third-order valence-corrected chi connectivity index (χ3v) is 9.12. The first-order valence-electron chi connectivity index (χ1n) is 12.8. The van der Waals surface area contributed by atoms with E-state index in [1.54, 1.807) is 0 Å². The molecule has 3 saturated carbocycles. The average Bonchev–Trinajstić information content (AvgIpc) is 3.11. The molecule has 0 aromatic heterocycles. The highest BCUT2D eigenvalue weighted by Gasteiger charge is 2.69. The van der Waals surface area contributed by atoms with Crippen molar-refractivity contribution in [1.29, 1.82) is 0 Å². The smallest absolute Gasteiger partial charge is 0.393 e. The molecule has 0 unspecified atom stereocenters. The Kier molecular flexibility index (Phi) is 8.48. The Labute approximate surface area is 209 Å². The number of fused-ring (bicyclic) bond motifs is 1. The van der Waals surface area contributed by atoms with Crippen LogP contribution in [-0.4, -0.2) is 45.5 Å². The zero-order chi connectivity index (χ0) is 27.1. The lowest BCUT2D eigenvalue weighted by molar-refractivity contribution is -0.370. The summed E-state index contributed by atoms with van der Waals surface area (Å²) in [6, 6.07) is 0. The number of alkyl halides is 6. The molecule has 0 amide bonds. The molecule has 3 nitrogen and oxygen atoms in total. The molecular weight excluding hydrogens is 486 g/mol. The quantitative estimate of drug-likeness (QED) is 0.336. The number of allylic oxidation sites excluding steroid dienone is 3. The summed E-state index contributed by atoms with van der Waals surface area (Å²) in [4.78, 5) is 0. The van der Waals surface area contributed by atoms with E-state index in [2.05, 4.69) is 19.6 Å². The van der Waals surface area contributed by atoms with Crippen molar-refractivity contribution in [3.05, 3.63) is 35.5 Å². The maximum Gasteiger partial charge on any atom is 0.426 e. The fraction of sp³-hybridized carbons (Fsp3) is 0.778. The van der Waals surface area contributed by atoms with Gasteiger partial charge in [0.2, 0.25) is 0 Å². The van der Waals surface area contributed by atoms with Crippen LogP contribution in [0.15, 0.2) is 35.5 Å². The largest absolute Gasteiger partial charge is 0.426 e. The Morgan fingerprint density at radius 1 is 1.08 bits per heavy atom. The molecule has 0 saturated heterocycles. The number of aliphatic hydroxyl groups is 3. The monoisotopic (exact) mass is 524 g/mol. The highest BCUT2D eigenvalue weighted by molar-refractivity contribution is 5.38. The Bertz CT molecular complexity index is 860. The summed E-state index contributed by atoms with van der Waals surface area (Å²) in [6.45, 7) is 8.03. The van der Waals surface area contributed by atoms with Gasteiger partial charge in [-0.3, -0.25) is 0 Å². The summed E-state index contributed by atoms with van der Waals surface area (Å²) >= 11 is 0. The normalized spacial score (nSPS) is 35.4. The molecule has 3 aliphatic carbocycles. The van der Waals surface area contributed by atoms with Crippen LogP contribution in [0.25, 0.3) is 0 Å². The van der Waals surface area contributed by atoms with Crippen LogP contribution in [0, 0.1) is 23.2 Å². The van der Waals surface area contributed by atoms with E-state index in [0.29, 0.717) is 12.0 Å². The van der Waals surface area contributed by atoms with Crippen LogP contribution >= 0.6 is 0 Å². The zero-order valence-corrected chi connectivity index (χ0v) is 20.9. The van der Waals surface area contributed by atoms with Gasteiger partial charge in [0.15, 0.2) is 0 Å². The zero-order valence-electron chi connectivity index (χ0n) is 20.9. The fourth-order valence-electron chi connectivity index (χ4n) is 7.00. The maximum absolute atomic E-state index is 13.0. The first-order valence-corrected chi connectivity index (χ1v) is 12.8. The van der Waals surface area contributed by atoms with Crippen molar-refractivity contribution in [3.8, 4) is 0 Å². The van der Waals surface area contributed by atoms with Crippen LogP contribution < -0.4 is 0 Å². The Hall–Kier alpha value is -1.32. The van der Waals surface area contributed by atoms with Crippen molar-refractivity contribution in [3.63, 3.8) is 0 Å². The van der Waals surface area contributed by atoms with E-state index in [9.17, 15) is 41.7 Å². The van der Waals surface area contributed by atoms with Gasteiger partial charge in [-0.2, -0.15) is 26.3 Å². The molecule has 3 rings (SSSR count). The molecule has 0 aromatic carbocycles. The molecule has 36 heavy (non-hydrogen) atoms. The van der Waals surface area contributed by atoms with E-state index in [-0.39, 0.29) is 42.4 Å². The van der Waals surface area contributed by atoms with Gasteiger partial charge in [-0.1, -0.05) is 44.6 Å². The number of rotatable bonds is 6. The minimum atomic E-state index is -5.77. The van der Waals surface area contributed by atoms with E-state index in [0.717, 1.165) is 37.7 Å². The molecule has 206 valence electrons. The minimum Gasteiger partial charge on any atom is -0.393 e. The molecule has 3 fully saturated rings. The fourth-order valence-corrected chi connectivity index (χ4v) is 7.00. The van der Waals surface area contributed by atoms with E-state index in [1.165, 1.54) is 5.57 Å². The number of aliphatic hydroxyl groups excluding tert-OH is 2. The van der Waals surface area contributed by atoms with Gasteiger partial charge in [-0.15, -0.1) is 0 Å². The molecule has 3 aliphatic rings. The topological polar surface area (TPSA) is 60.7 Å².